The molecule has 8 heteroatoms. The predicted octanol–water partition coefficient (Wildman–Crippen LogP) is 17.3. The van der Waals surface area contributed by atoms with Crippen molar-refractivity contribution in [2.45, 2.75) is 46.5 Å². The number of hydrogen-bond acceptors (Lipinski definition) is 6. The van der Waals surface area contributed by atoms with Crippen LogP contribution in [-0.4, -0.2) is 21.5 Å². The molecule has 0 unspecified atom stereocenters. The Kier molecular flexibility index (Phi) is 11.8. The third-order valence-electron chi connectivity index (χ3n) is 13.5. The molecule has 0 atom stereocenters. The average Bonchev–Trinajstić information content (AvgIpc) is 3.81. The fourth-order valence-electron chi connectivity index (χ4n) is 9.99. The van der Waals surface area contributed by atoms with Gasteiger partial charge in [0.05, 0.1) is 38.0 Å². The molecule has 2 heterocycles. The van der Waals surface area contributed by atoms with E-state index in [1.165, 1.54) is 12.1 Å². The Morgan fingerprint density at radius 3 is 1.27 bits per heavy atom. The van der Waals surface area contributed by atoms with Crippen molar-refractivity contribution in [1.82, 2.24) is 9.97 Å². The number of rotatable bonds is 9. The molecular formula is C63H48Cl2N4O2. The highest BCUT2D eigenvalue weighted by Gasteiger charge is 2.42. The topological polar surface area (TPSA) is 66.4 Å². The van der Waals surface area contributed by atoms with Crippen LogP contribution in [0.1, 0.15) is 76.9 Å². The first-order chi connectivity index (χ1) is 34.4. The number of benzene rings is 8. The van der Waals surface area contributed by atoms with E-state index in [9.17, 15) is 9.59 Å². The summed E-state index contributed by atoms with van der Waals surface area (Å²) in [6, 6.07) is 60.0. The Balaban J connectivity index is 1.24. The lowest BCUT2D eigenvalue weighted by Crippen LogP contribution is -2.25. The number of aromatic nitrogens is 2. The van der Waals surface area contributed by atoms with Crippen molar-refractivity contribution in [1.29, 1.82) is 0 Å². The fourth-order valence-corrected chi connectivity index (χ4v) is 10.3. The van der Waals surface area contributed by atoms with Gasteiger partial charge in [0.2, 0.25) is 0 Å². The van der Waals surface area contributed by atoms with Crippen LogP contribution in [0.2, 0.25) is 10.0 Å². The largest absolute Gasteiger partial charge is 0.288 e. The van der Waals surface area contributed by atoms with Crippen molar-refractivity contribution in [2.24, 2.45) is 0 Å². The van der Waals surface area contributed by atoms with Crippen molar-refractivity contribution >= 4 is 68.8 Å². The van der Waals surface area contributed by atoms with Crippen molar-refractivity contribution < 1.29 is 9.59 Å². The molecule has 0 fully saturated rings. The highest BCUT2D eigenvalue weighted by molar-refractivity contribution is 6.45. The Morgan fingerprint density at radius 2 is 0.831 bits per heavy atom. The summed E-state index contributed by atoms with van der Waals surface area (Å²) in [6.07, 6.45) is 3.54. The molecule has 1 aliphatic heterocycles. The second-order valence-electron chi connectivity index (χ2n) is 18.8. The standard InChI is InChI=1S/C63H48Cl2N4O2/c1-37(2)46-19-14-20-47(38(3)4)58(46)68-57(32-31-48-60(70)51-35-53(64)54(65)36-52(51)61(48)71)69(63-62(68)66-55-21-12-13-22-56(55)67-63)59-49(44-27-23-42(24-28-44)40-15-8-6-9-16-40)33-39(5)34-50(59)45-29-25-43(26-30-45)41-17-10-7-11-18-41/h6-38H,1-5H3/b57-32+. The minimum Gasteiger partial charge on any atom is -0.288 e. The van der Waals surface area contributed by atoms with Gasteiger partial charge in [-0.15, -0.1) is 0 Å². The van der Waals surface area contributed by atoms with E-state index in [4.69, 9.17) is 33.2 Å². The molecule has 0 saturated carbocycles. The summed E-state index contributed by atoms with van der Waals surface area (Å²) < 4.78 is 0. The fraction of sp³-hybridized carbons (Fsp3) is 0.111. The average molecular weight is 964 g/mol. The summed E-state index contributed by atoms with van der Waals surface area (Å²) in [5, 5.41) is 0.414. The maximum Gasteiger partial charge on any atom is 0.197 e. The molecule has 0 saturated heterocycles. The second-order valence-corrected chi connectivity index (χ2v) is 19.6. The van der Waals surface area contributed by atoms with Crippen LogP contribution in [0.4, 0.5) is 23.0 Å². The van der Waals surface area contributed by atoms with Gasteiger partial charge in [0, 0.05) is 22.3 Å². The molecule has 11 rings (SSSR count). The number of hydrogen-bond donors (Lipinski definition) is 0. The van der Waals surface area contributed by atoms with Gasteiger partial charge in [-0.2, -0.15) is 0 Å². The Labute approximate surface area is 424 Å². The first-order valence-corrected chi connectivity index (χ1v) is 24.7. The first-order valence-electron chi connectivity index (χ1n) is 23.9. The molecule has 2 aliphatic rings. The van der Waals surface area contributed by atoms with Gasteiger partial charge in [0.15, 0.2) is 23.2 Å². The molecule has 1 aromatic heterocycles. The lowest BCUT2D eigenvalue weighted by Gasteiger charge is -2.32. The van der Waals surface area contributed by atoms with Gasteiger partial charge in [-0.3, -0.25) is 19.4 Å². The molecule has 0 N–H and O–H groups in total. The number of allylic oxidation sites excluding steroid dienone is 3. The number of fused-ring (bicyclic) bond motifs is 3. The molecule has 0 amide bonds. The third kappa shape index (κ3) is 8.13. The number of carbonyl (C=O) groups is 2. The van der Waals surface area contributed by atoms with E-state index in [2.05, 4.69) is 172 Å². The first kappa shape index (κ1) is 45.5. The molecule has 9 aromatic rings. The summed E-state index contributed by atoms with van der Waals surface area (Å²) in [4.78, 5) is 44.1. The number of aryl methyl sites for hydroxylation is 1. The van der Waals surface area contributed by atoms with E-state index in [-0.39, 0.29) is 38.6 Å². The predicted molar refractivity (Wildman–Crippen MR) is 293 cm³/mol. The van der Waals surface area contributed by atoms with Crippen LogP contribution in [-0.2, 0) is 0 Å². The molecular weight excluding hydrogens is 916 g/mol. The number of anilines is 4. The second kappa shape index (κ2) is 18.4. The zero-order valence-electron chi connectivity index (χ0n) is 39.9. The minimum atomic E-state index is -0.421. The maximum absolute atomic E-state index is 14.3. The number of Topliss-reactive ketones (excluding diaryl/α,β-unsaturated/α-hetero) is 2. The monoisotopic (exact) mass is 962 g/mol. The highest BCUT2D eigenvalue weighted by Crippen LogP contribution is 2.56. The van der Waals surface area contributed by atoms with Crippen LogP contribution in [0.25, 0.3) is 55.5 Å². The van der Waals surface area contributed by atoms with Gasteiger partial charge in [-0.1, -0.05) is 190 Å². The van der Waals surface area contributed by atoms with Crippen molar-refractivity contribution in [2.75, 3.05) is 9.80 Å². The normalized spacial score (nSPS) is 13.8. The highest BCUT2D eigenvalue weighted by atomic mass is 35.5. The van der Waals surface area contributed by atoms with E-state index >= 15 is 0 Å². The molecule has 0 spiro atoms. The Hall–Kier alpha value is -7.90. The SMILES string of the molecule is Cc1cc(-c2ccc(-c3ccccc3)cc2)c(N2/C(=C/C=C3C(=O)c4cc(Cl)c(Cl)cc4C3=O)N(c3c(C(C)C)cccc3C(C)C)c3nc4ccccc4nc32)c(-c2ccc(-c3ccccc3)cc2)c1. The smallest absolute Gasteiger partial charge is 0.197 e. The summed E-state index contributed by atoms with van der Waals surface area (Å²) in [5.41, 5.74) is 15.4. The van der Waals surface area contributed by atoms with Crippen molar-refractivity contribution in [3.63, 3.8) is 0 Å². The minimum absolute atomic E-state index is 0.00588. The lowest BCUT2D eigenvalue weighted by molar-refractivity contribution is 0.0988. The van der Waals surface area contributed by atoms with Crippen molar-refractivity contribution in [3.8, 4) is 44.5 Å². The van der Waals surface area contributed by atoms with E-state index in [1.807, 2.05) is 42.5 Å². The molecule has 71 heavy (non-hydrogen) atoms. The zero-order chi connectivity index (χ0) is 49.1. The van der Waals surface area contributed by atoms with Gasteiger partial charge >= 0.3 is 0 Å². The van der Waals surface area contributed by atoms with Crippen LogP contribution in [0.5, 0.6) is 0 Å². The zero-order valence-corrected chi connectivity index (χ0v) is 41.4. The lowest BCUT2D eigenvalue weighted by atomic mass is 9.91. The van der Waals surface area contributed by atoms with E-state index in [1.54, 1.807) is 6.08 Å². The van der Waals surface area contributed by atoms with Crippen LogP contribution < -0.4 is 9.80 Å². The summed E-state index contributed by atoms with van der Waals surface area (Å²) in [5.74, 6) is 1.22. The van der Waals surface area contributed by atoms with Gasteiger partial charge in [-0.05, 0) is 117 Å². The molecule has 1 aliphatic carbocycles. The quantitative estimate of drug-likeness (QED) is 0.106. The molecule has 6 nitrogen and oxygen atoms in total. The van der Waals surface area contributed by atoms with Gasteiger partial charge < -0.3 is 0 Å². The maximum atomic E-state index is 14.3. The summed E-state index contributed by atoms with van der Waals surface area (Å²) in [6.45, 7) is 10.9. The number of para-hydroxylation sites is 3. The van der Waals surface area contributed by atoms with Gasteiger partial charge in [0.1, 0.15) is 5.82 Å². The van der Waals surface area contributed by atoms with E-state index in [0.29, 0.717) is 17.5 Å². The van der Waals surface area contributed by atoms with Crippen LogP contribution in [0.3, 0.4) is 0 Å². The Bertz CT molecular complexity index is 3480. The van der Waals surface area contributed by atoms with Crippen molar-refractivity contribution in [3.05, 3.63) is 237 Å². The third-order valence-corrected chi connectivity index (χ3v) is 14.2. The van der Waals surface area contributed by atoms with Gasteiger partial charge in [0.25, 0.3) is 0 Å². The number of carbonyl (C=O) groups excluding carboxylic acids is 2. The molecule has 0 bridgehead atoms. The summed E-state index contributed by atoms with van der Waals surface area (Å²) in [7, 11) is 0. The van der Waals surface area contributed by atoms with Crippen LogP contribution in [0, 0.1) is 6.92 Å². The number of nitrogens with zero attached hydrogens (tertiary/aromatic N) is 4. The molecule has 0 radical (unpaired) electrons. The molecule has 346 valence electrons. The number of halogens is 2. The number of ketones is 2. The molecule has 8 aromatic carbocycles. The van der Waals surface area contributed by atoms with Crippen LogP contribution in [0.15, 0.2) is 199 Å². The van der Waals surface area contributed by atoms with Gasteiger partial charge in [-0.25, -0.2) is 9.97 Å². The van der Waals surface area contributed by atoms with E-state index in [0.717, 1.165) is 83.6 Å². The van der Waals surface area contributed by atoms with Crippen LogP contribution >= 0.6 is 23.2 Å². The summed E-state index contributed by atoms with van der Waals surface area (Å²) >= 11 is 12.9. The Morgan fingerprint density at radius 1 is 0.437 bits per heavy atom. The van der Waals surface area contributed by atoms with E-state index < -0.39 is 11.6 Å².